The van der Waals surface area contributed by atoms with Crippen molar-refractivity contribution in [2.75, 3.05) is 18.1 Å². The van der Waals surface area contributed by atoms with Crippen LogP contribution in [0, 0.1) is 0 Å². The van der Waals surface area contributed by atoms with Gasteiger partial charge in [0.25, 0.3) is 0 Å². The summed E-state index contributed by atoms with van der Waals surface area (Å²) in [6.07, 6.45) is 2.83. The summed E-state index contributed by atoms with van der Waals surface area (Å²) in [7, 11) is -0.791. The van der Waals surface area contributed by atoms with Gasteiger partial charge in [0.2, 0.25) is 0 Å². The molecule has 0 aliphatic carbocycles. The Hall–Kier alpha value is -1.61. The van der Waals surface area contributed by atoms with Crippen molar-refractivity contribution in [2.24, 2.45) is 0 Å². The van der Waals surface area contributed by atoms with E-state index >= 15 is 0 Å². The van der Waals surface area contributed by atoms with Crippen molar-refractivity contribution in [3.05, 3.63) is 65.7 Å². The van der Waals surface area contributed by atoms with E-state index in [1.807, 2.05) is 12.1 Å². The first-order chi connectivity index (χ1) is 10.1. The van der Waals surface area contributed by atoms with Gasteiger partial charge in [-0.15, -0.1) is 0 Å². The van der Waals surface area contributed by atoms with Crippen LogP contribution in [0.25, 0.3) is 0 Å². The van der Waals surface area contributed by atoms with E-state index in [0.717, 1.165) is 24.2 Å². The molecule has 0 spiro atoms. The van der Waals surface area contributed by atoms with Gasteiger partial charge in [-0.05, 0) is 35.6 Å². The van der Waals surface area contributed by atoms with E-state index in [1.54, 1.807) is 6.26 Å². The Balaban J connectivity index is 1.84. The highest BCUT2D eigenvalue weighted by Crippen LogP contribution is 2.19. The molecule has 1 N–H and O–H groups in total. The second kappa shape index (κ2) is 7.99. The van der Waals surface area contributed by atoms with Gasteiger partial charge >= 0.3 is 0 Å². The summed E-state index contributed by atoms with van der Waals surface area (Å²) < 4.78 is 11.3. The minimum absolute atomic E-state index is 0.546. The average molecular weight is 301 g/mol. The van der Waals surface area contributed by atoms with Crippen molar-refractivity contribution < 1.29 is 4.21 Å². The third kappa shape index (κ3) is 5.35. The lowest BCUT2D eigenvalue weighted by molar-refractivity contribution is 0.686. The highest BCUT2D eigenvalue weighted by Gasteiger charge is 2.04. The summed E-state index contributed by atoms with van der Waals surface area (Å²) in [5.41, 5.74) is 3.62. The minimum Gasteiger partial charge on any atom is -0.385 e. The second-order valence-electron chi connectivity index (χ2n) is 5.45. The van der Waals surface area contributed by atoms with Crippen LogP contribution in [-0.4, -0.2) is 17.0 Å². The van der Waals surface area contributed by atoms with Crippen molar-refractivity contribution in [3.8, 4) is 0 Å². The standard InChI is InChI=1S/C18H23NOS/c1-15(17-8-4-3-5-9-17)11-12-19-18-10-6-7-16(13-18)14-21(2)20/h3-10,13,15,19H,11-12,14H2,1-2H3. The van der Waals surface area contributed by atoms with E-state index in [9.17, 15) is 4.21 Å². The lowest BCUT2D eigenvalue weighted by atomic mass is 9.98. The van der Waals surface area contributed by atoms with Gasteiger partial charge in [0, 0.05) is 35.0 Å². The van der Waals surface area contributed by atoms with E-state index in [4.69, 9.17) is 0 Å². The first kappa shape index (κ1) is 15.8. The maximum atomic E-state index is 11.3. The predicted molar refractivity (Wildman–Crippen MR) is 92.2 cm³/mol. The number of hydrogen-bond donors (Lipinski definition) is 1. The molecule has 112 valence electrons. The molecule has 3 heteroatoms. The summed E-state index contributed by atoms with van der Waals surface area (Å²) in [6.45, 7) is 3.20. The van der Waals surface area contributed by atoms with Gasteiger partial charge in [0.15, 0.2) is 0 Å². The molecule has 2 aromatic carbocycles. The van der Waals surface area contributed by atoms with Crippen molar-refractivity contribution >= 4 is 16.5 Å². The molecule has 0 saturated carbocycles. The van der Waals surface area contributed by atoms with Crippen LogP contribution >= 0.6 is 0 Å². The van der Waals surface area contributed by atoms with Gasteiger partial charge in [-0.25, -0.2) is 0 Å². The SMILES string of the molecule is CC(CCNc1cccc(CS(C)=O)c1)c1ccccc1. The van der Waals surface area contributed by atoms with E-state index < -0.39 is 10.8 Å². The summed E-state index contributed by atoms with van der Waals surface area (Å²) in [6, 6.07) is 18.8. The maximum absolute atomic E-state index is 11.3. The molecule has 0 heterocycles. The minimum atomic E-state index is -0.791. The zero-order valence-electron chi connectivity index (χ0n) is 12.7. The molecular weight excluding hydrogens is 278 g/mol. The Morgan fingerprint density at radius 2 is 1.86 bits per heavy atom. The average Bonchev–Trinajstić information content (AvgIpc) is 2.48. The van der Waals surface area contributed by atoms with Crippen LogP contribution in [-0.2, 0) is 16.6 Å². The van der Waals surface area contributed by atoms with E-state index in [-0.39, 0.29) is 0 Å². The quantitative estimate of drug-likeness (QED) is 0.831. The maximum Gasteiger partial charge on any atom is 0.0483 e. The van der Waals surface area contributed by atoms with Gasteiger partial charge < -0.3 is 5.32 Å². The monoisotopic (exact) mass is 301 g/mol. The van der Waals surface area contributed by atoms with Crippen LogP contribution in [0.4, 0.5) is 5.69 Å². The molecule has 0 radical (unpaired) electrons. The highest BCUT2D eigenvalue weighted by molar-refractivity contribution is 7.83. The number of anilines is 1. The topological polar surface area (TPSA) is 29.1 Å². The molecule has 0 amide bonds. The summed E-state index contributed by atoms with van der Waals surface area (Å²) in [5.74, 6) is 1.17. The molecule has 2 unspecified atom stereocenters. The fourth-order valence-electron chi connectivity index (χ4n) is 2.39. The van der Waals surface area contributed by atoms with Crippen LogP contribution in [0.15, 0.2) is 54.6 Å². The number of hydrogen-bond acceptors (Lipinski definition) is 2. The first-order valence-corrected chi connectivity index (χ1v) is 9.05. The Kier molecular flexibility index (Phi) is 6.00. The Morgan fingerprint density at radius 1 is 1.10 bits per heavy atom. The smallest absolute Gasteiger partial charge is 0.0483 e. The van der Waals surface area contributed by atoms with Crippen LogP contribution in [0.2, 0.25) is 0 Å². The van der Waals surface area contributed by atoms with Gasteiger partial charge in [0.1, 0.15) is 0 Å². The molecule has 0 aliphatic heterocycles. The van der Waals surface area contributed by atoms with Gasteiger partial charge in [0.05, 0.1) is 0 Å². The zero-order chi connectivity index (χ0) is 15.1. The number of rotatable bonds is 7. The van der Waals surface area contributed by atoms with Crippen LogP contribution in [0.5, 0.6) is 0 Å². The molecule has 2 nitrogen and oxygen atoms in total. The van der Waals surface area contributed by atoms with Crippen molar-refractivity contribution in [3.63, 3.8) is 0 Å². The third-order valence-corrected chi connectivity index (χ3v) is 4.31. The largest absolute Gasteiger partial charge is 0.385 e. The van der Waals surface area contributed by atoms with E-state index in [1.165, 1.54) is 5.56 Å². The molecule has 0 aromatic heterocycles. The second-order valence-corrected chi connectivity index (χ2v) is 6.88. The third-order valence-electron chi connectivity index (χ3n) is 3.57. The van der Waals surface area contributed by atoms with Crippen molar-refractivity contribution in [2.45, 2.75) is 25.0 Å². The molecule has 21 heavy (non-hydrogen) atoms. The van der Waals surface area contributed by atoms with Crippen LogP contribution in [0.1, 0.15) is 30.4 Å². The van der Waals surface area contributed by atoms with Gasteiger partial charge in [-0.3, -0.25) is 4.21 Å². The van der Waals surface area contributed by atoms with Gasteiger partial charge in [-0.1, -0.05) is 49.4 Å². The molecule has 2 atom stereocenters. The summed E-state index contributed by atoms with van der Waals surface area (Å²) in [4.78, 5) is 0. The molecule has 2 rings (SSSR count). The normalized spacial score (nSPS) is 13.6. The lowest BCUT2D eigenvalue weighted by Gasteiger charge is -2.13. The fourth-order valence-corrected chi connectivity index (χ4v) is 3.04. The lowest BCUT2D eigenvalue weighted by Crippen LogP contribution is -2.06. The van der Waals surface area contributed by atoms with E-state index in [2.05, 4.69) is 54.7 Å². The van der Waals surface area contributed by atoms with Crippen LogP contribution in [0.3, 0.4) is 0 Å². The molecular formula is C18H23NOS. The highest BCUT2D eigenvalue weighted by atomic mass is 32.2. The van der Waals surface area contributed by atoms with Crippen LogP contribution < -0.4 is 5.32 Å². The fraction of sp³-hybridized carbons (Fsp3) is 0.333. The van der Waals surface area contributed by atoms with Crippen molar-refractivity contribution in [1.29, 1.82) is 0 Å². The molecule has 2 aromatic rings. The molecule has 0 aliphatic rings. The zero-order valence-corrected chi connectivity index (χ0v) is 13.5. The predicted octanol–water partition coefficient (Wildman–Crippen LogP) is 4.17. The van der Waals surface area contributed by atoms with Crippen molar-refractivity contribution in [1.82, 2.24) is 0 Å². The Labute approximate surface area is 130 Å². The molecule has 0 bridgehead atoms. The summed E-state index contributed by atoms with van der Waals surface area (Å²) in [5, 5.41) is 3.46. The Bertz CT molecular complexity index is 583. The summed E-state index contributed by atoms with van der Waals surface area (Å²) >= 11 is 0. The van der Waals surface area contributed by atoms with E-state index in [0.29, 0.717) is 11.7 Å². The first-order valence-electron chi connectivity index (χ1n) is 7.33. The molecule has 0 fully saturated rings. The van der Waals surface area contributed by atoms with Gasteiger partial charge in [-0.2, -0.15) is 0 Å². The Morgan fingerprint density at radius 3 is 2.57 bits per heavy atom. The number of benzene rings is 2. The number of nitrogens with one attached hydrogen (secondary N) is 1. The molecule has 0 saturated heterocycles.